The zero-order chi connectivity index (χ0) is 10.1. The summed E-state index contributed by atoms with van der Waals surface area (Å²) in [5, 5.41) is 7.38. The molecule has 4 nitrogen and oxygen atoms in total. The first-order valence-electron chi connectivity index (χ1n) is 4.96. The summed E-state index contributed by atoms with van der Waals surface area (Å²) >= 11 is 0. The van der Waals surface area contributed by atoms with Gasteiger partial charge in [0, 0.05) is 13.2 Å². The van der Waals surface area contributed by atoms with Crippen LogP contribution in [0.1, 0.15) is 28.9 Å². The Bertz CT molecular complexity index is 350. The Morgan fingerprint density at radius 1 is 1.71 bits per heavy atom. The Labute approximate surface area is 83.3 Å². The van der Waals surface area contributed by atoms with E-state index in [0.717, 1.165) is 30.6 Å². The first-order valence-corrected chi connectivity index (χ1v) is 4.96. The predicted molar refractivity (Wildman–Crippen MR) is 53.3 cm³/mol. The highest BCUT2D eigenvalue weighted by molar-refractivity contribution is 6.00. The number of carbonyl (C=O) groups is 1. The fourth-order valence-corrected chi connectivity index (χ4v) is 1.94. The molecule has 0 bridgehead atoms. The minimum absolute atomic E-state index is 0.0119. The average Bonchev–Trinajstić information content (AvgIpc) is 2.73. The number of hydrogen-bond acceptors (Lipinski definition) is 3. The summed E-state index contributed by atoms with van der Waals surface area (Å²) in [6, 6.07) is 0.0119. The van der Waals surface area contributed by atoms with E-state index in [2.05, 4.69) is 10.4 Å². The van der Waals surface area contributed by atoms with Crippen LogP contribution in [0.3, 0.4) is 0 Å². The van der Waals surface area contributed by atoms with E-state index < -0.39 is 0 Å². The number of aryl methyl sites for hydroxylation is 2. The van der Waals surface area contributed by atoms with E-state index in [1.165, 1.54) is 0 Å². The van der Waals surface area contributed by atoms with Gasteiger partial charge < -0.3 is 5.32 Å². The molecule has 1 fully saturated rings. The predicted octanol–water partition coefficient (Wildman–Crippen LogP) is 0.663. The van der Waals surface area contributed by atoms with Gasteiger partial charge in [0.15, 0.2) is 5.78 Å². The van der Waals surface area contributed by atoms with Crippen LogP contribution >= 0.6 is 0 Å². The second-order valence-electron chi connectivity index (χ2n) is 3.82. The van der Waals surface area contributed by atoms with Crippen molar-refractivity contribution in [3.05, 3.63) is 17.5 Å². The third-order valence-electron chi connectivity index (χ3n) is 2.66. The summed E-state index contributed by atoms with van der Waals surface area (Å²) in [5.74, 6) is 0.188. The number of hydrogen-bond donors (Lipinski definition) is 1. The van der Waals surface area contributed by atoms with Gasteiger partial charge in [0.2, 0.25) is 0 Å². The van der Waals surface area contributed by atoms with Crippen molar-refractivity contribution < 1.29 is 4.79 Å². The molecule has 0 saturated carbocycles. The van der Waals surface area contributed by atoms with Gasteiger partial charge in [0.1, 0.15) is 0 Å². The summed E-state index contributed by atoms with van der Waals surface area (Å²) in [6.07, 6.45) is 3.85. The maximum Gasteiger partial charge on any atom is 0.183 e. The molecule has 0 amide bonds. The van der Waals surface area contributed by atoms with Crippen LogP contribution in [0.25, 0.3) is 0 Å². The zero-order valence-corrected chi connectivity index (χ0v) is 8.58. The number of nitrogens with zero attached hydrogens (tertiary/aromatic N) is 2. The molecule has 1 saturated heterocycles. The minimum Gasteiger partial charge on any atom is -0.307 e. The van der Waals surface area contributed by atoms with Gasteiger partial charge in [-0.05, 0) is 26.3 Å². The highest BCUT2D eigenvalue weighted by Gasteiger charge is 2.25. The summed E-state index contributed by atoms with van der Waals surface area (Å²) in [6.45, 7) is 2.83. The van der Waals surface area contributed by atoms with Gasteiger partial charge in [-0.25, -0.2) is 0 Å². The third kappa shape index (κ3) is 1.57. The van der Waals surface area contributed by atoms with Crippen LogP contribution in [-0.4, -0.2) is 28.2 Å². The van der Waals surface area contributed by atoms with Crippen LogP contribution in [-0.2, 0) is 7.05 Å². The van der Waals surface area contributed by atoms with Gasteiger partial charge in [-0.3, -0.25) is 9.48 Å². The molecule has 1 unspecified atom stereocenters. The number of carbonyl (C=O) groups excluding carboxylic acids is 1. The molecule has 14 heavy (non-hydrogen) atoms. The number of aromatic nitrogens is 2. The second kappa shape index (κ2) is 3.53. The Hall–Kier alpha value is -1.16. The SMILES string of the molecule is Cc1nn(C)cc1C(=O)C1CCCN1. The van der Waals surface area contributed by atoms with E-state index >= 15 is 0 Å². The monoisotopic (exact) mass is 193 g/mol. The fraction of sp³-hybridized carbons (Fsp3) is 0.600. The zero-order valence-electron chi connectivity index (χ0n) is 8.58. The normalized spacial score (nSPS) is 21.4. The molecule has 1 aliphatic rings. The highest BCUT2D eigenvalue weighted by atomic mass is 16.1. The summed E-state index contributed by atoms with van der Waals surface area (Å²) in [7, 11) is 1.84. The van der Waals surface area contributed by atoms with E-state index in [1.807, 2.05) is 14.0 Å². The van der Waals surface area contributed by atoms with E-state index in [-0.39, 0.29) is 11.8 Å². The molecule has 0 radical (unpaired) electrons. The molecule has 1 atom stereocenters. The molecule has 2 rings (SSSR count). The standard InChI is InChI=1S/C10H15N3O/c1-7-8(6-13(2)12-7)10(14)9-4-3-5-11-9/h6,9,11H,3-5H2,1-2H3. The fourth-order valence-electron chi connectivity index (χ4n) is 1.94. The van der Waals surface area contributed by atoms with Crippen molar-refractivity contribution in [2.45, 2.75) is 25.8 Å². The van der Waals surface area contributed by atoms with Crippen molar-refractivity contribution in [3.8, 4) is 0 Å². The van der Waals surface area contributed by atoms with E-state index in [1.54, 1.807) is 10.9 Å². The Kier molecular flexibility index (Phi) is 2.37. The van der Waals surface area contributed by atoms with Crippen LogP contribution < -0.4 is 5.32 Å². The maximum atomic E-state index is 12.0. The molecule has 2 heterocycles. The lowest BCUT2D eigenvalue weighted by atomic mass is 10.0. The molecule has 0 aliphatic carbocycles. The first kappa shape index (κ1) is 9.40. The largest absolute Gasteiger partial charge is 0.307 e. The van der Waals surface area contributed by atoms with Gasteiger partial charge in [-0.15, -0.1) is 0 Å². The Balaban J connectivity index is 2.21. The van der Waals surface area contributed by atoms with Gasteiger partial charge in [0.25, 0.3) is 0 Å². The number of ketones is 1. The van der Waals surface area contributed by atoms with E-state index in [0.29, 0.717) is 0 Å². The van der Waals surface area contributed by atoms with E-state index in [4.69, 9.17) is 0 Å². The molecule has 4 heteroatoms. The maximum absolute atomic E-state index is 12.0. The molecule has 1 aromatic heterocycles. The number of rotatable bonds is 2. The van der Waals surface area contributed by atoms with Crippen LogP contribution in [0.5, 0.6) is 0 Å². The highest BCUT2D eigenvalue weighted by Crippen LogP contribution is 2.14. The average molecular weight is 193 g/mol. The molecule has 1 aromatic rings. The van der Waals surface area contributed by atoms with Gasteiger partial charge in [0.05, 0.1) is 17.3 Å². The lowest BCUT2D eigenvalue weighted by molar-refractivity contribution is 0.0951. The van der Waals surface area contributed by atoms with Gasteiger partial charge in [-0.1, -0.05) is 0 Å². The second-order valence-corrected chi connectivity index (χ2v) is 3.82. The smallest absolute Gasteiger partial charge is 0.183 e. The topological polar surface area (TPSA) is 46.9 Å². The Morgan fingerprint density at radius 3 is 3.00 bits per heavy atom. The molecule has 76 valence electrons. The molecular formula is C10H15N3O. The molecular weight excluding hydrogens is 178 g/mol. The van der Waals surface area contributed by atoms with Gasteiger partial charge >= 0.3 is 0 Å². The summed E-state index contributed by atoms with van der Waals surface area (Å²) in [4.78, 5) is 12.0. The van der Waals surface area contributed by atoms with Crippen molar-refractivity contribution >= 4 is 5.78 Å². The summed E-state index contributed by atoms with van der Waals surface area (Å²) < 4.78 is 1.69. The van der Waals surface area contributed by atoms with Crippen LogP contribution in [0.4, 0.5) is 0 Å². The van der Waals surface area contributed by atoms with Crippen molar-refractivity contribution in [2.24, 2.45) is 7.05 Å². The third-order valence-corrected chi connectivity index (χ3v) is 2.66. The van der Waals surface area contributed by atoms with Crippen LogP contribution in [0, 0.1) is 6.92 Å². The Morgan fingerprint density at radius 2 is 2.50 bits per heavy atom. The molecule has 1 aliphatic heterocycles. The number of nitrogens with one attached hydrogen (secondary N) is 1. The first-order chi connectivity index (χ1) is 6.68. The lowest BCUT2D eigenvalue weighted by Gasteiger charge is -2.06. The lowest BCUT2D eigenvalue weighted by Crippen LogP contribution is -2.30. The molecule has 0 spiro atoms. The molecule has 1 N–H and O–H groups in total. The molecule has 0 aromatic carbocycles. The van der Waals surface area contributed by atoms with Crippen LogP contribution in [0.2, 0.25) is 0 Å². The van der Waals surface area contributed by atoms with Gasteiger partial charge in [-0.2, -0.15) is 5.10 Å². The van der Waals surface area contributed by atoms with Crippen molar-refractivity contribution in [2.75, 3.05) is 6.54 Å². The van der Waals surface area contributed by atoms with Crippen molar-refractivity contribution in [1.82, 2.24) is 15.1 Å². The van der Waals surface area contributed by atoms with Crippen LogP contribution in [0.15, 0.2) is 6.20 Å². The van der Waals surface area contributed by atoms with Crippen molar-refractivity contribution in [1.29, 1.82) is 0 Å². The summed E-state index contributed by atoms with van der Waals surface area (Å²) in [5.41, 5.74) is 1.58. The quantitative estimate of drug-likeness (QED) is 0.702. The van der Waals surface area contributed by atoms with Crippen molar-refractivity contribution in [3.63, 3.8) is 0 Å². The van der Waals surface area contributed by atoms with E-state index in [9.17, 15) is 4.79 Å². The number of Topliss-reactive ketones (excluding diaryl/α,β-unsaturated/α-hetero) is 1. The minimum atomic E-state index is 0.0119.